The average Bonchev–Trinajstić information content (AvgIpc) is 3.21. The highest BCUT2D eigenvalue weighted by molar-refractivity contribution is 6.04. The largest absolute Gasteiger partial charge is 0.493 e. The van der Waals surface area contributed by atoms with Crippen molar-refractivity contribution in [2.24, 2.45) is 0 Å². The molecule has 1 heterocycles. The number of benzene rings is 2. The Bertz CT molecular complexity index is 1020. The number of anilines is 1. The quantitative estimate of drug-likeness (QED) is 0.605. The van der Waals surface area contributed by atoms with Crippen molar-refractivity contribution < 1.29 is 28.2 Å². The van der Waals surface area contributed by atoms with E-state index in [0.717, 1.165) is 0 Å². The van der Waals surface area contributed by atoms with Crippen LogP contribution in [0, 0.1) is 0 Å². The van der Waals surface area contributed by atoms with Crippen LogP contribution in [0.15, 0.2) is 40.8 Å². The van der Waals surface area contributed by atoms with E-state index in [-0.39, 0.29) is 17.7 Å². The van der Waals surface area contributed by atoms with Gasteiger partial charge in [0, 0.05) is 16.7 Å². The maximum Gasteiger partial charge on any atom is 0.322 e. The van der Waals surface area contributed by atoms with Gasteiger partial charge in [-0.2, -0.15) is 0 Å². The molecule has 3 aromatic rings. The molecule has 1 aromatic heterocycles. The molecule has 0 radical (unpaired) electrons. The molecule has 0 saturated heterocycles. The molecule has 0 bridgehead atoms. The number of ether oxygens (including phenoxy) is 3. The predicted octanol–water partition coefficient (Wildman–Crippen LogP) is 3.22. The van der Waals surface area contributed by atoms with E-state index >= 15 is 0 Å². The van der Waals surface area contributed by atoms with Crippen LogP contribution in [-0.4, -0.2) is 43.2 Å². The summed E-state index contributed by atoms with van der Waals surface area (Å²) in [5.41, 5.74) is 1.39. The highest BCUT2D eigenvalue weighted by atomic mass is 16.5. The zero-order valence-electron chi connectivity index (χ0n) is 16.3. The number of aromatic nitrogens is 2. The van der Waals surface area contributed by atoms with Gasteiger partial charge in [0.2, 0.25) is 11.6 Å². The van der Waals surface area contributed by atoms with Crippen LogP contribution in [0.4, 0.5) is 6.01 Å². The van der Waals surface area contributed by atoms with Gasteiger partial charge in [-0.25, -0.2) is 0 Å². The number of carbonyl (C=O) groups is 2. The lowest BCUT2D eigenvalue weighted by atomic mass is 10.1. The van der Waals surface area contributed by atoms with Crippen molar-refractivity contribution in [2.45, 2.75) is 6.92 Å². The molecule has 0 atom stereocenters. The minimum Gasteiger partial charge on any atom is -0.493 e. The third-order valence-corrected chi connectivity index (χ3v) is 4.11. The minimum atomic E-state index is -0.444. The monoisotopic (exact) mass is 397 g/mol. The van der Waals surface area contributed by atoms with E-state index < -0.39 is 5.91 Å². The van der Waals surface area contributed by atoms with Gasteiger partial charge in [0.25, 0.3) is 5.91 Å². The van der Waals surface area contributed by atoms with Gasteiger partial charge in [0.05, 0.1) is 21.3 Å². The van der Waals surface area contributed by atoms with Crippen LogP contribution in [0.2, 0.25) is 0 Å². The first-order valence-corrected chi connectivity index (χ1v) is 8.53. The molecule has 1 N–H and O–H groups in total. The fourth-order valence-corrected chi connectivity index (χ4v) is 2.62. The second-order valence-electron chi connectivity index (χ2n) is 5.91. The molecule has 0 aliphatic heterocycles. The van der Waals surface area contributed by atoms with E-state index in [0.29, 0.717) is 33.9 Å². The normalized spacial score (nSPS) is 10.3. The summed E-state index contributed by atoms with van der Waals surface area (Å²) >= 11 is 0. The second kappa shape index (κ2) is 8.42. The van der Waals surface area contributed by atoms with Gasteiger partial charge in [0.1, 0.15) is 0 Å². The number of amides is 1. The molecule has 0 aliphatic rings. The number of nitrogens with zero attached hydrogens (tertiary/aromatic N) is 2. The number of methoxy groups -OCH3 is 3. The Morgan fingerprint density at radius 1 is 0.897 bits per heavy atom. The van der Waals surface area contributed by atoms with E-state index in [4.69, 9.17) is 18.6 Å². The molecule has 9 nitrogen and oxygen atoms in total. The average molecular weight is 397 g/mol. The number of nitrogens with one attached hydrogen (secondary N) is 1. The zero-order chi connectivity index (χ0) is 21.0. The summed E-state index contributed by atoms with van der Waals surface area (Å²) in [6.07, 6.45) is 0. The van der Waals surface area contributed by atoms with Gasteiger partial charge in [-0.05, 0) is 31.2 Å². The van der Waals surface area contributed by atoms with Crippen molar-refractivity contribution in [3.05, 3.63) is 47.5 Å². The standard InChI is InChI=1S/C20H19N3O6/c1-11(24)12-5-7-13(8-6-12)18(25)21-20-23-22-19(29-20)14-9-15(26-2)17(28-4)16(10-14)27-3/h5-10H,1-4H3,(H,21,23,25). The summed E-state index contributed by atoms with van der Waals surface area (Å²) in [4.78, 5) is 23.7. The van der Waals surface area contributed by atoms with Gasteiger partial charge in [-0.1, -0.05) is 17.2 Å². The van der Waals surface area contributed by atoms with Crippen molar-refractivity contribution in [3.8, 4) is 28.7 Å². The van der Waals surface area contributed by atoms with E-state index in [2.05, 4.69) is 15.5 Å². The first-order chi connectivity index (χ1) is 14.0. The number of carbonyl (C=O) groups excluding carboxylic acids is 2. The van der Waals surface area contributed by atoms with Crippen molar-refractivity contribution in [2.75, 3.05) is 26.6 Å². The first-order valence-electron chi connectivity index (χ1n) is 8.53. The van der Waals surface area contributed by atoms with Crippen molar-refractivity contribution in [1.82, 2.24) is 10.2 Å². The third-order valence-electron chi connectivity index (χ3n) is 4.11. The lowest BCUT2D eigenvalue weighted by Gasteiger charge is -2.12. The molecule has 9 heteroatoms. The molecule has 0 fully saturated rings. The van der Waals surface area contributed by atoms with E-state index in [1.165, 1.54) is 28.3 Å². The summed E-state index contributed by atoms with van der Waals surface area (Å²) in [7, 11) is 4.50. The predicted molar refractivity (Wildman–Crippen MR) is 104 cm³/mol. The second-order valence-corrected chi connectivity index (χ2v) is 5.91. The minimum absolute atomic E-state index is 0.0746. The van der Waals surface area contributed by atoms with E-state index in [1.54, 1.807) is 36.4 Å². The van der Waals surface area contributed by atoms with Gasteiger partial charge in [-0.3, -0.25) is 14.9 Å². The number of ketones is 1. The highest BCUT2D eigenvalue weighted by Gasteiger charge is 2.18. The molecule has 0 spiro atoms. The van der Waals surface area contributed by atoms with Crippen LogP contribution >= 0.6 is 0 Å². The van der Waals surface area contributed by atoms with Gasteiger partial charge < -0.3 is 18.6 Å². The summed E-state index contributed by atoms with van der Waals surface area (Å²) < 4.78 is 21.4. The third kappa shape index (κ3) is 4.18. The summed E-state index contributed by atoms with van der Waals surface area (Å²) in [6, 6.07) is 9.47. The molecule has 29 heavy (non-hydrogen) atoms. The number of Topliss-reactive ketones (excluding diaryl/α,β-unsaturated/α-hetero) is 1. The van der Waals surface area contributed by atoms with Gasteiger partial charge >= 0.3 is 6.01 Å². The van der Waals surface area contributed by atoms with E-state index in [9.17, 15) is 9.59 Å². The number of hydrogen-bond acceptors (Lipinski definition) is 8. The van der Waals surface area contributed by atoms with Crippen LogP contribution < -0.4 is 19.5 Å². The molecule has 150 valence electrons. The maximum absolute atomic E-state index is 12.3. The van der Waals surface area contributed by atoms with Crippen molar-refractivity contribution in [3.63, 3.8) is 0 Å². The Morgan fingerprint density at radius 2 is 1.48 bits per heavy atom. The van der Waals surface area contributed by atoms with Crippen molar-refractivity contribution in [1.29, 1.82) is 0 Å². The molecule has 0 aliphatic carbocycles. The SMILES string of the molecule is COc1cc(-c2nnc(NC(=O)c3ccc(C(C)=O)cc3)o2)cc(OC)c1OC. The smallest absolute Gasteiger partial charge is 0.322 e. The molecule has 0 saturated carbocycles. The fourth-order valence-electron chi connectivity index (χ4n) is 2.62. The Balaban J connectivity index is 1.82. The lowest BCUT2D eigenvalue weighted by molar-refractivity contribution is 0.100. The lowest BCUT2D eigenvalue weighted by Crippen LogP contribution is -2.12. The maximum atomic E-state index is 12.3. The molecule has 0 unspecified atom stereocenters. The van der Waals surface area contributed by atoms with Gasteiger partial charge in [-0.15, -0.1) is 5.10 Å². The van der Waals surface area contributed by atoms with Gasteiger partial charge in [0.15, 0.2) is 17.3 Å². The summed E-state index contributed by atoms with van der Waals surface area (Å²) in [5.74, 6) is 0.920. The highest BCUT2D eigenvalue weighted by Crippen LogP contribution is 2.41. The Hall–Kier alpha value is -3.88. The van der Waals surface area contributed by atoms with Crippen LogP contribution in [-0.2, 0) is 0 Å². The molecule has 2 aromatic carbocycles. The molecule has 3 rings (SSSR count). The van der Waals surface area contributed by atoms with E-state index in [1.807, 2.05) is 0 Å². The van der Waals surface area contributed by atoms with Crippen molar-refractivity contribution >= 4 is 17.7 Å². The fraction of sp³-hybridized carbons (Fsp3) is 0.200. The summed E-state index contributed by atoms with van der Waals surface area (Å²) in [5, 5.41) is 10.3. The molecular formula is C20H19N3O6. The number of rotatable bonds is 7. The van der Waals surface area contributed by atoms with Crippen LogP contribution in [0.1, 0.15) is 27.6 Å². The number of hydrogen-bond donors (Lipinski definition) is 1. The topological polar surface area (TPSA) is 113 Å². The Kier molecular flexibility index (Phi) is 5.77. The Morgan fingerprint density at radius 3 is 2.00 bits per heavy atom. The molecule has 1 amide bonds. The summed E-state index contributed by atoms with van der Waals surface area (Å²) in [6.45, 7) is 1.46. The van der Waals surface area contributed by atoms with Crippen LogP contribution in [0.25, 0.3) is 11.5 Å². The van der Waals surface area contributed by atoms with Crippen LogP contribution in [0.5, 0.6) is 17.2 Å². The first kappa shape index (κ1) is 19.9. The van der Waals surface area contributed by atoms with Crippen LogP contribution in [0.3, 0.4) is 0 Å². The Labute approximate surface area is 166 Å². The molecular weight excluding hydrogens is 378 g/mol. The zero-order valence-corrected chi connectivity index (χ0v) is 16.3.